The number of anilines is 1. The molecule has 1 N–H and O–H groups in total. The minimum atomic E-state index is -4.33. The minimum Gasteiger partial charge on any atom is -0.381 e. The van der Waals surface area contributed by atoms with Gasteiger partial charge in [-0.15, -0.1) is 0 Å². The molecule has 0 spiro atoms. The maximum absolute atomic E-state index is 12.4. The third-order valence-corrected chi connectivity index (χ3v) is 2.87. The second-order valence-electron chi connectivity index (χ2n) is 4.10. The van der Waals surface area contributed by atoms with Crippen LogP contribution in [0, 0.1) is 0 Å². The summed E-state index contributed by atoms with van der Waals surface area (Å²) in [5.41, 5.74) is -0.683. The first-order chi connectivity index (χ1) is 7.99. The van der Waals surface area contributed by atoms with Crippen LogP contribution in [0.15, 0.2) is 18.3 Å². The molecule has 1 aliphatic carbocycles. The summed E-state index contributed by atoms with van der Waals surface area (Å²) in [6, 6.07) is 2.14. The molecule has 0 amide bonds. The van der Waals surface area contributed by atoms with Gasteiger partial charge in [-0.1, -0.05) is 0 Å². The number of hydrogen-bond donors (Lipinski definition) is 1. The first-order valence-electron chi connectivity index (χ1n) is 5.31. The highest BCUT2D eigenvalue weighted by molar-refractivity contribution is 5.40. The number of rotatable bonds is 3. The van der Waals surface area contributed by atoms with Crippen molar-refractivity contribution < 1.29 is 17.9 Å². The molecule has 0 saturated heterocycles. The molecule has 0 unspecified atom stereocenters. The third-order valence-electron chi connectivity index (χ3n) is 2.87. The molecule has 1 aliphatic rings. The molecule has 1 aromatic rings. The molecule has 1 saturated carbocycles. The maximum Gasteiger partial charge on any atom is 0.416 e. The molecule has 3 nitrogen and oxygen atoms in total. The first-order valence-corrected chi connectivity index (χ1v) is 5.31. The van der Waals surface area contributed by atoms with Crippen LogP contribution in [-0.2, 0) is 10.9 Å². The van der Waals surface area contributed by atoms with E-state index in [1.165, 1.54) is 0 Å². The smallest absolute Gasteiger partial charge is 0.381 e. The topological polar surface area (TPSA) is 34.1 Å². The largest absolute Gasteiger partial charge is 0.416 e. The Labute approximate surface area is 97.0 Å². The van der Waals surface area contributed by atoms with Crippen LogP contribution in [0.3, 0.4) is 0 Å². The van der Waals surface area contributed by atoms with E-state index in [1.807, 2.05) is 0 Å². The van der Waals surface area contributed by atoms with Crippen molar-refractivity contribution in [3.8, 4) is 0 Å². The van der Waals surface area contributed by atoms with Gasteiger partial charge in [0.25, 0.3) is 0 Å². The van der Waals surface area contributed by atoms with Crippen molar-refractivity contribution in [2.24, 2.45) is 0 Å². The number of aromatic nitrogens is 1. The fourth-order valence-electron chi connectivity index (χ4n) is 1.77. The first kappa shape index (κ1) is 12.2. The number of alkyl halides is 3. The highest BCUT2D eigenvalue weighted by Crippen LogP contribution is 2.31. The molecule has 6 heteroatoms. The quantitative estimate of drug-likeness (QED) is 0.890. The molecule has 0 aromatic carbocycles. The van der Waals surface area contributed by atoms with Gasteiger partial charge in [-0.2, -0.15) is 13.2 Å². The lowest BCUT2D eigenvalue weighted by Crippen LogP contribution is -2.40. The van der Waals surface area contributed by atoms with E-state index in [9.17, 15) is 13.2 Å². The molecule has 1 aromatic heterocycles. The van der Waals surface area contributed by atoms with Crippen LogP contribution in [-0.4, -0.2) is 24.2 Å². The fourth-order valence-corrected chi connectivity index (χ4v) is 1.77. The number of hydrogen-bond acceptors (Lipinski definition) is 3. The standard InChI is InChI=1S/C11H13F3N2O/c1-17-9-5-8(6-9)16-10-4-7(2-3-15-10)11(12,13)14/h2-4,8-9H,5-6H2,1H3,(H,15,16). The van der Waals surface area contributed by atoms with Crippen LogP contribution in [0.25, 0.3) is 0 Å². The molecule has 2 rings (SSSR count). The van der Waals surface area contributed by atoms with E-state index in [1.54, 1.807) is 7.11 Å². The van der Waals surface area contributed by atoms with Crippen molar-refractivity contribution in [1.82, 2.24) is 4.98 Å². The molecular formula is C11H13F3N2O. The van der Waals surface area contributed by atoms with Crippen molar-refractivity contribution in [3.63, 3.8) is 0 Å². The Morgan fingerprint density at radius 1 is 1.41 bits per heavy atom. The van der Waals surface area contributed by atoms with Crippen molar-refractivity contribution in [2.45, 2.75) is 31.2 Å². The van der Waals surface area contributed by atoms with Crippen LogP contribution < -0.4 is 5.32 Å². The molecule has 17 heavy (non-hydrogen) atoms. The van der Waals surface area contributed by atoms with Gasteiger partial charge in [0.1, 0.15) is 5.82 Å². The van der Waals surface area contributed by atoms with Crippen molar-refractivity contribution in [2.75, 3.05) is 12.4 Å². The Hall–Kier alpha value is -1.30. The summed E-state index contributed by atoms with van der Waals surface area (Å²) in [6.45, 7) is 0. The molecule has 0 aliphatic heterocycles. The monoisotopic (exact) mass is 246 g/mol. The lowest BCUT2D eigenvalue weighted by Gasteiger charge is -2.34. The SMILES string of the molecule is COC1CC(Nc2cc(C(F)(F)F)ccn2)C1. The summed E-state index contributed by atoms with van der Waals surface area (Å²) in [5.74, 6) is 0.263. The normalized spacial score (nSPS) is 24.2. The van der Waals surface area contributed by atoms with Gasteiger partial charge in [0, 0.05) is 19.3 Å². The fraction of sp³-hybridized carbons (Fsp3) is 0.545. The highest BCUT2D eigenvalue weighted by Gasteiger charge is 2.32. The number of methoxy groups -OCH3 is 1. The van der Waals surface area contributed by atoms with Crippen molar-refractivity contribution in [3.05, 3.63) is 23.9 Å². The van der Waals surface area contributed by atoms with Gasteiger partial charge in [0.15, 0.2) is 0 Å². The number of ether oxygens (including phenoxy) is 1. The lowest BCUT2D eigenvalue weighted by molar-refractivity contribution is -0.137. The van der Waals surface area contributed by atoms with E-state index in [0.29, 0.717) is 0 Å². The van der Waals surface area contributed by atoms with Gasteiger partial charge < -0.3 is 10.1 Å². The predicted molar refractivity (Wildman–Crippen MR) is 56.7 cm³/mol. The van der Waals surface area contributed by atoms with Crippen molar-refractivity contribution in [1.29, 1.82) is 0 Å². The van der Waals surface area contributed by atoms with Crippen LogP contribution >= 0.6 is 0 Å². The van der Waals surface area contributed by atoms with E-state index >= 15 is 0 Å². The summed E-state index contributed by atoms with van der Waals surface area (Å²) < 4.78 is 42.4. The second kappa shape index (κ2) is 4.52. The molecule has 0 radical (unpaired) electrons. The van der Waals surface area contributed by atoms with Gasteiger partial charge in [0.05, 0.1) is 11.7 Å². The Balaban J connectivity index is 1.98. The van der Waals surface area contributed by atoms with Crippen LogP contribution in [0.4, 0.5) is 19.0 Å². The van der Waals surface area contributed by atoms with Gasteiger partial charge in [-0.05, 0) is 25.0 Å². The third kappa shape index (κ3) is 2.88. The zero-order chi connectivity index (χ0) is 12.5. The maximum atomic E-state index is 12.4. The number of halogens is 3. The molecule has 1 fully saturated rings. The highest BCUT2D eigenvalue weighted by atomic mass is 19.4. The van der Waals surface area contributed by atoms with Gasteiger partial charge >= 0.3 is 6.18 Å². The summed E-state index contributed by atoms with van der Waals surface area (Å²) in [6.07, 6.45) is -1.35. The van der Waals surface area contributed by atoms with Gasteiger partial charge in [-0.25, -0.2) is 4.98 Å². The number of nitrogens with one attached hydrogen (secondary N) is 1. The van der Waals surface area contributed by atoms with E-state index in [0.717, 1.165) is 31.2 Å². The summed E-state index contributed by atoms with van der Waals surface area (Å²) >= 11 is 0. The molecule has 0 bridgehead atoms. The van der Waals surface area contributed by atoms with Gasteiger partial charge in [-0.3, -0.25) is 0 Å². The molecule has 94 valence electrons. The van der Waals surface area contributed by atoms with E-state index < -0.39 is 11.7 Å². The number of pyridine rings is 1. The summed E-state index contributed by atoms with van der Waals surface area (Å²) in [7, 11) is 1.63. The van der Waals surface area contributed by atoms with Crippen LogP contribution in [0.2, 0.25) is 0 Å². The average Bonchev–Trinajstić information content (AvgIpc) is 2.22. The second-order valence-corrected chi connectivity index (χ2v) is 4.10. The minimum absolute atomic E-state index is 0.149. The van der Waals surface area contributed by atoms with Crippen LogP contribution in [0.5, 0.6) is 0 Å². The van der Waals surface area contributed by atoms with E-state index in [-0.39, 0.29) is 18.0 Å². The summed E-state index contributed by atoms with van der Waals surface area (Å²) in [5, 5.41) is 2.96. The Kier molecular flexibility index (Phi) is 3.24. The zero-order valence-electron chi connectivity index (χ0n) is 9.29. The Bertz CT molecular complexity index is 389. The molecule has 0 atom stereocenters. The average molecular weight is 246 g/mol. The predicted octanol–water partition coefficient (Wildman–Crippen LogP) is 2.69. The zero-order valence-corrected chi connectivity index (χ0v) is 9.29. The van der Waals surface area contributed by atoms with Crippen molar-refractivity contribution >= 4 is 5.82 Å². The summed E-state index contributed by atoms with van der Waals surface area (Å²) in [4.78, 5) is 3.87. The van der Waals surface area contributed by atoms with Gasteiger partial charge in [0.2, 0.25) is 0 Å². The Morgan fingerprint density at radius 2 is 2.12 bits per heavy atom. The van der Waals surface area contributed by atoms with Crippen LogP contribution in [0.1, 0.15) is 18.4 Å². The molecular weight excluding hydrogens is 233 g/mol. The Morgan fingerprint density at radius 3 is 2.71 bits per heavy atom. The van der Waals surface area contributed by atoms with E-state index in [2.05, 4.69) is 10.3 Å². The number of nitrogens with zero attached hydrogens (tertiary/aromatic N) is 1. The van der Waals surface area contributed by atoms with E-state index in [4.69, 9.17) is 4.74 Å². The lowest BCUT2D eigenvalue weighted by atomic mass is 9.89. The molecule has 1 heterocycles.